The van der Waals surface area contributed by atoms with Crippen molar-refractivity contribution in [2.75, 3.05) is 18.5 Å². The Bertz CT molecular complexity index is 537. The van der Waals surface area contributed by atoms with Crippen molar-refractivity contribution in [3.05, 3.63) is 29.8 Å². The number of hydrogen-bond acceptors (Lipinski definition) is 4. The fraction of sp³-hybridized carbons (Fsp3) is 0.632. The van der Waals surface area contributed by atoms with E-state index in [1.54, 1.807) is 0 Å². The third-order valence-electron chi connectivity index (χ3n) is 4.39. The van der Waals surface area contributed by atoms with Crippen LogP contribution in [0.4, 0.5) is 5.69 Å². The summed E-state index contributed by atoms with van der Waals surface area (Å²) in [6.07, 6.45) is 3.28. The first-order chi connectivity index (χ1) is 10.9. The second-order valence-electron chi connectivity index (χ2n) is 7.68. The molecule has 1 N–H and O–H groups in total. The van der Waals surface area contributed by atoms with Gasteiger partial charge < -0.3 is 14.8 Å². The number of carbonyl (C=O) groups excluding carboxylic acids is 1. The summed E-state index contributed by atoms with van der Waals surface area (Å²) in [6, 6.07) is 8.16. The molecule has 23 heavy (non-hydrogen) atoms. The van der Waals surface area contributed by atoms with E-state index in [1.807, 2.05) is 20.8 Å². The lowest BCUT2D eigenvalue weighted by atomic mass is 9.98. The maximum absolute atomic E-state index is 12.4. The van der Waals surface area contributed by atoms with E-state index in [0.717, 1.165) is 38.2 Å². The van der Waals surface area contributed by atoms with Gasteiger partial charge in [0.25, 0.3) is 0 Å². The second-order valence-corrected chi connectivity index (χ2v) is 7.68. The molecule has 1 aromatic carbocycles. The number of anilines is 1. The van der Waals surface area contributed by atoms with Crippen molar-refractivity contribution < 1.29 is 14.3 Å². The Hall–Kier alpha value is -1.55. The highest BCUT2D eigenvalue weighted by molar-refractivity contribution is 5.80. The molecule has 1 aliphatic carbocycles. The van der Waals surface area contributed by atoms with Gasteiger partial charge in [-0.05, 0) is 63.6 Å². The van der Waals surface area contributed by atoms with Gasteiger partial charge in [-0.25, -0.2) is 4.79 Å². The molecular weight excluding hydrogens is 290 g/mol. The van der Waals surface area contributed by atoms with Gasteiger partial charge >= 0.3 is 5.97 Å². The van der Waals surface area contributed by atoms with Gasteiger partial charge in [0.15, 0.2) is 0 Å². The van der Waals surface area contributed by atoms with Crippen LogP contribution in [0.5, 0.6) is 0 Å². The Morgan fingerprint density at radius 2 is 1.91 bits per heavy atom. The van der Waals surface area contributed by atoms with Gasteiger partial charge in [-0.3, -0.25) is 0 Å². The van der Waals surface area contributed by atoms with E-state index in [4.69, 9.17) is 9.47 Å². The fourth-order valence-corrected chi connectivity index (χ4v) is 2.99. The molecule has 2 atom stereocenters. The predicted octanol–water partition coefficient (Wildman–Crippen LogP) is 3.72. The van der Waals surface area contributed by atoms with Crippen LogP contribution in [-0.2, 0) is 14.3 Å². The van der Waals surface area contributed by atoms with E-state index in [0.29, 0.717) is 11.8 Å². The van der Waals surface area contributed by atoms with Crippen LogP contribution in [0.15, 0.2) is 24.3 Å². The highest BCUT2D eigenvalue weighted by atomic mass is 16.6. The van der Waals surface area contributed by atoms with Gasteiger partial charge in [0, 0.05) is 18.2 Å². The SMILES string of the molecule is CC(C)(C)OC(=O)C(Nc1ccc(C2CCOC2)cc1)C1CC1. The molecule has 0 amide bonds. The van der Waals surface area contributed by atoms with Crippen LogP contribution < -0.4 is 5.32 Å². The molecule has 0 spiro atoms. The number of ether oxygens (including phenoxy) is 2. The van der Waals surface area contributed by atoms with E-state index in [9.17, 15) is 4.79 Å². The first-order valence-corrected chi connectivity index (χ1v) is 8.59. The minimum atomic E-state index is -0.446. The molecule has 4 heteroatoms. The number of benzene rings is 1. The highest BCUT2D eigenvalue weighted by Crippen LogP contribution is 2.36. The van der Waals surface area contributed by atoms with E-state index in [2.05, 4.69) is 29.6 Å². The van der Waals surface area contributed by atoms with Crippen LogP contribution in [0, 0.1) is 5.92 Å². The summed E-state index contributed by atoms with van der Waals surface area (Å²) in [7, 11) is 0. The quantitative estimate of drug-likeness (QED) is 0.841. The topological polar surface area (TPSA) is 47.6 Å². The molecule has 1 aliphatic heterocycles. The molecule has 1 heterocycles. The molecule has 0 bridgehead atoms. The van der Waals surface area contributed by atoms with Crippen molar-refractivity contribution in [1.82, 2.24) is 0 Å². The van der Waals surface area contributed by atoms with Crippen molar-refractivity contribution in [1.29, 1.82) is 0 Å². The average molecular weight is 317 g/mol. The predicted molar refractivity (Wildman–Crippen MR) is 90.6 cm³/mol. The number of rotatable bonds is 5. The monoisotopic (exact) mass is 317 g/mol. The zero-order chi connectivity index (χ0) is 16.4. The van der Waals surface area contributed by atoms with Crippen LogP contribution in [-0.4, -0.2) is 30.8 Å². The molecule has 1 aromatic rings. The van der Waals surface area contributed by atoms with Gasteiger partial charge in [0.05, 0.1) is 6.61 Å². The Morgan fingerprint density at radius 3 is 2.43 bits per heavy atom. The maximum Gasteiger partial charge on any atom is 0.329 e. The number of esters is 1. The molecule has 0 aromatic heterocycles. The summed E-state index contributed by atoms with van der Waals surface area (Å²) >= 11 is 0. The molecule has 126 valence electrons. The van der Waals surface area contributed by atoms with Gasteiger partial charge in [0.2, 0.25) is 0 Å². The highest BCUT2D eigenvalue weighted by Gasteiger charge is 2.38. The lowest BCUT2D eigenvalue weighted by Gasteiger charge is -2.25. The summed E-state index contributed by atoms with van der Waals surface area (Å²) in [6.45, 7) is 7.40. The summed E-state index contributed by atoms with van der Waals surface area (Å²) < 4.78 is 11.0. The average Bonchev–Trinajstić information content (AvgIpc) is 3.17. The van der Waals surface area contributed by atoms with Crippen molar-refractivity contribution >= 4 is 11.7 Å². The Balaban J connectivity index is 1.64. The zero-order valence-corrected chi connectivity index (χ0v) is 14.3. The summed E-state index contributed by atoms with van der Waals surface area (Å²) in [5.74, 6) is 0.759. The van der Waals surface area contributed by atoms with Crippen molar-refractivity contribution in [3.63, 3.8) is 0 Å². The lowest BCUT2D eigenvalue weighted by Crippen LogP contribution is -2.38. The van der Waals surface area contributed by atoms with Gasteiger partial charge in [0.1, 0.15) is 11.6 Å². The van der Waals surface area contributed by atoms with Gasteiger partial charge in [-0.15, -0.1) is 0 Å². The molecule has 1 saturated heterocycles. The van der Waals surface area contributed by atoms with E-state index >= 15 is 0 Å². The van der Waals surface area contributed by atoms with Crippen molar-refractivity contribution in [3.8, 4) is 0 Å². The molecule has 2 aliphatic rings. The van der Waals surface area contributed by atoms with E-state index in [-0.39, 0.29) is 12.0 Å². The molecule has 4 nitrogen and oxygen atoms in total. The van der Waals surface area contributed by atoms with Crippen molar-refractivity contribution in [2.24, 2.45) is 5.92 Å². The fourth-order valence-electron chi connectivity index (χ4n) is 2.99. The van der Waals surface area contributed by atoms with Gasteiger partial charge in [-0.1, -0.05) is 12.1 Å². The number of nitrogens with one attached hydrogen (secondary N) is 1. The number of carbonyl (C=O) groups is 1. The standard InChI is InChI=1S/C19H27NO3/c1-19(2,3)23-18(21)17(14-4-5-14)20-16-8-6-13(7-9-16)15-10-11-22-12-15/h6-9,14-15,17,20H,4-5,10-12H2,1-3H3. The molecule has 2 fully saturated rings. The largest absolute Gasteiger partial charge is 0.458 e. The Kier molecular flexibility index (Phi) is 4.62. The number of hydrogen-bond donors (Lipinski definition) is 1. The molecule has 3 rings (SSSR count). The smallest absolute Gasteiger partial charge is 0.329 e. The minimum Gasteiger partial charge on any atom is -0.458 e. The normalized spacial score (nSPS) is 22.7. The third kappa shape index (κ3) is 4.47. The summed E-state index contributed by atoms with van der Waals surface area (Å²) in [5, 5.41) is 3.38. The first kappa shape index (κ1) is 16.3. The minimum absolute atomic E-state index is 0.145. The molecule has 2 unspecified atom stereocenters. The van der Waals surface area contributed by atoms with Crippen LogP contribution in [0.3, 0.4) is 0 Å². The Labute approximate surface area is 138 Å². The second kappa shape index (κ2) is 6.52. The van der Waals surface area contributed by atoms with Crippen LogP contribution in [0.25, 0.3) is 0 Å². The summed E-state index contributed by atoms with van der Waals surface area (Å²) in [5.41, 5.74) is 1.85. The summed E-state index contributed by atoms with van der Waals surface area (Å²) in [4.78, 5) is 12.4. The molecular formula is C19H27NO3. The molecule has 1 saturated carbocycles. The Morgan fingerprint density at radius 1 is 1.22 bits per heavy atom. The maximum atomic E-state index is 12.4. The van der Waals surface area contributed by atoms with Crippen molar-refractivity contribution in [2.45, 2.75) is 57.6 Å². The molecule has 0 radical (unpaired) electrons. The van der Waals surface area contributed by atoms with E-state index in [1.165, 1.54) is 5.56 Å². The van der Waals surface area contributed by atoms with E-state index < -0.39 is 5.60 Å². The third-order valence-corrected chi connectivity index (χ3v) is 4.39. The van der Waals surface area contributed by atoms with Crippen LogP contribution in [0.2, 0.25) is 0 Å². The lowest BCUT2D eigenvalue weighted by molar-refractivity contribution is -0.156. The van der Waals surface area contributed by atoms with Crippen LogP contribution in [0.1, 0.15) is 51.5 Å². The first-order valence-electron chi connectivity index (χ1n) is 8.59. The van der Waals surface area contributed by atoms with Gasteiger partial charge in [-0.2, -0.15) is 0 Å². The zero-order valence-electron chi connectivity index (χ0n) is 14.3. The van der Waals surface area contributed by atoms with Crippen LogP contribution >= 0.6 is 0 Å².